The minimum atomic E-state index is 1.08. The van der Waals surface area contributed by atoms with Gasteiger partial charge in [-0.25, -0.2) is 0 Å². The number of halogens is 1. The molecule has 1 saturated heterocycles. The van der Waals surface area contributed by atoms with Crippen molar-refractivity contribution < 1.29 is 0 Å². The fourth-order valence-corrected chi connectivity index (χ4v) is 4.14. The molecule has 0 atom stereocenters. The van der Waals surface area contributed by atoms with Crippen LogP contribution >= 0.6 is 27.3 Å². The van der Waals surface area contributed by atoms with Crippen LogP contribution < -0.4 is 4.90 Å². The summed E-state index contributed by atoms with van der Waals surface area (Å²) in [6.07, 6.45) is 0. The van der Waals surface area contributed by atoms with Crippen LogP contribution in [0.1, 0.15) is 10.4 Å². The molecule has 3 rings (SSSR count). The number of benzene rings is 1. The molecule has 0 bridgehead atoms. The molecule has 1 aliphatic rings. The van der Waals surface area contributed by atoms with Crippen molar-refractivity contribution >= 4 is 33.0 Å². The van der Waals surface area contributed by atoms with E-state index in [1.807, 2.05) is 11.3 Å². The van der Waals surface area contributed by atoms with Crippen molar-refractivity contribution in [2.24, 2.45) is 0 Å². The molecule has 0 radical (unpaired) electrons. The van der Waals surface area contributed by atoms with Crippen LogP contribution in [0.3, 0.4) is 0 Å². The van der Waals surface area contributed by atoms with Crippen LogP contribution in [0.5, 0.6) is 0 Å². The fourth-order valence-electron chi connectivity index (χ4n) is 2.65. The lowest BCUT2D eigenvalue weighted by Crippen LogP contribution is -2.45. The Morgan fingerprint density at radius 3 is 2.60 bits per heavy atom. The van der Waals surface area contributed by atoms with Gasteiger partial charge in [-0.3, -0.25) is 4.90 Å². The largest absolute Gasteiger partial charge is 0.369 e. The second kappa shape index (κ2) is 6.29. The van der Waals surface area contributed by atoms with Crippen LogP contribution in [0.25, 0.3) is 0 Å². The molecule has 2 heterocycles. The zero-order valence-electron chi connectivity index (χ0n) is 11.7. The highest BCUT2D eigenvalue weighted by atomic mass is 79.9. The maximum absolute atomic E-state index is 3.53. The monoisotopic (exact) mass is 350 g/mol. The van der Waals surface area contributed by atoms with Crippen molar-refractivity contribution in [1.29, 1.82) is 0 Å². The Labute approximate surface area is 133 Å². The first-order valence-corrected chi connectivity index (χ1v) is 8.65. The normalized spacial score (nSPS) is 16.6. The Bertz CT molecular complexity index is 573. The van der Waals surface area contributed by atoms with Crippen LogP contribution in [0.2, 0.25) is 0 Å². The van der Waals surface area contributed by atoms with Crippen molar-refractivity contribution in [3.05, 3.63) is 50.6 Å². The van der Waals surface area contributed by atoms with E-state index < -0.39 is 0 Å². The molecule has 106 valence electrons. The van der Waals surface area contributed by atoms with Gasteiger partial charge in [0, 0.05) is 53.1 Å². The third-order valence-electron chi connectivity index (χ3n) is 3.74. The molecule has 0 amide bonds. The molecular formula is C16H19BrN2S. The molecule has 0 saturated carbocycles. The maximum atomic E-state index is 3.53. The van der Waals surface area contributed by atoms with E-state index in [0.717, 1.165) is 32.7 Å². The lowest BCUT2D eigenvalue weighted by atomic mass is 10.2. The van der Waals surface area contributed by atoms with E-state index >= 15 is 0 Å². The van der Waals surface area contributed by atoms with Crippen LogP contribution in [-0.2, 0) is 6.54 Å². The molecule has 1 fully saturated rings. The van der Waals surface area contributed by atoms with Gasteiger partial charge in [-0.05, 0) is 46.6 Å². The number of hydrogen-bond acceptors (Lipinski definition) is 3. The second-order valence-electron chi connectivity index (χ2n) is 5.33. The molecule has 1 aliphatic heterocycles. The maximum Gasteiger partial charge on any atom is 0.0369 e. The Hall–Kier alpha value is -0.840. The molecule has 1 aromatic carbocycles. The molecule has 20 heavy (non-hydrogen) atoms. The Kier molecular flexibility index (Phi) is 4.44. The van der Waals surface area contributed by atoms with E-state index in [0.29, 0.717) is 0 Å². The quantitative estimate of drug-likeness (QED) is 0.820. The highest BCUT2D eigenvalue weighted by Gasteiger charge is 2.17. The summed E-state index contributed by atoms with van der Waals surface area (Å²) in [5, 5.41) is 2.17. The number of nitrogens with zero attached hydrogens (tertiary/aromatic N) is 2. The second-order valence-corrected chi connectivity index (χ2v) is 7.24. The minimum Gasteiger partial charge on any atom is -0.369 e. The smallest absolute Gasteiger partial charge is 0.0369 e. The van der Waals surface area contributed by atoms with Gasteiger partial charge in [-0.15, -0.1) is 11.3 Å². The number of thiophene rings is 1. The van der Waals surface area contributed by atoms with Crippen molar-refractivity contribution in [2.75, 3.05) is 31.1 Å². The van der Waals surface area contributed by atoms with Crippen molar-refractivity contribution in [2.45, 2.75) is 13.5 Å². The van der Waals surface area contributed by atoms with E-state index in [1.165, 1.54) is 20.6 Å². The van der Waals surface area contributed by atoms with Gasteiger partial charge in [-0.2, -0.15) is 0 Å². The lowest BCUT2D eigenvalue weighted by molar-refractivity contribution is 0.252. The molecule has 2 aromatic rings. The predicted molar refractivity (Wildman–Crippen MR) is 90.7 cm³/mol. The summed E-state index contributed by atoms with van der Waals surface area (Å²) in [5.41, 5.74) is 2.71. The highest BCUT2D eigenvalue weighted by Crippen LogP contribution is 2.23. The van der Waals surface area contributed by atoms with Crippen LogP contribution in [0.4, 0.5) is 5.69 Å². The summed E-state index contributed by atoms with van der Waals surface area (Å²) in [7, 11) is 0. The first-order valence-electron chi connectivity index (χ1n) is 6.97. The van der Waals surface area contributed by atoms with Crippen molar-refractivity contribution in [3.63, 3.8) is 0 Å². The average molecular weight is 351 g/mol. The zero-order chi connectivity index (χ0) is 13.9. The summed E-state index contributed by atoms with van der Waals surface area (Å²) < 4.78 is 1.20. The van der Waals surface area contributed by atoms with Gasteiger partial charge in [-0.1, -0.05) is 12.1 Å². The van der Waals surface area contributed by atoms with E-state index in [1.54, 1.807) is 0 Å². The molecule has 2 nitrogen and oxygen atoms in total. The van der Waals surface area contributed by atoms with Crippen molar-refractivity contribution in [1.82, 2.24) is 4.90 Å². The molecular weight excluding hydrogens is 332 g/mol. The number of aryl methyl sites for hydroxylation is 1. The topological polar surface area (TPSA) is 6.48 Å². The number of rotatable bonds is 3. The van der Waals surface area contributed by atoms with Gasteiger partial charge in [0.1, 0.15) is 0 Å². The van der Waals surface area contributed by atoms with Crippen molar-refractivity contribution in [3.8, 4) is 0 Å². The van der Waals surface area contributed by atoms with Gasteiger partial charge in [0.05, 0.1) is 0 Å². The number of hydrogen-bond donors (Lipinski definition) is 0. The van der Waals surface area contributed by atoms with Crippen LogP contribution in [0, 0.1) is 6.92 Å². The highest BCUT2D eigenvalue weighted by molar-refractivity contribution is 9.10. The first-order chi connectivity index (χ1) is 9.70. The van der Waals surface area contributed by atoms with Gasteiger partial charge in [0.25, 0.3) is 0 Å². The Balaban J connectivity index is 1.57. The number of anilines is 1. The van der Waals surface area contributed by atoms with E-state index in [4.69, 9.17) is 0 Å². The molecule has 1 aromatic heterocycles. The van der Waals surface area contributed by atoms with Gasteiger partial charge in [0.15, 0.2) is 0 Å². The Morgan fingerprint density at radius 1 is 1.15 bits per heavy atom. The molecule has 0 unspecified atom stereocenters. The first kappa shape index (κ1) is 14.1. The average Bonchev–Trinajstić information content (AvgIpc) is 2.85. The lowest BCUT2D eigenvalue weighted by Gasteiger charge is -2.36. The summed E-state index contributed by atoms with van der Waals surface area (Å²) in [4.78, 5) is 6.49. The molecule has 0 N–H and O–H groups in total. The fraction of sp³-hybridized carbons (Fsp3) is 0.375. The molecule has 0 spiro atoms. The summed E-state index contributed by atoms with van der Waals surface area (Å²) >= 11 is 5.37. The molecule has 4 heteroatoms. The summed E-state index contributed by atoms with van der Waals surface area (Å²) in [6, 6.07) is 11.1. The van der Waals surface area contributed by atoms with Crippen LogP contribution in [-0.4, -0.2) is 31.1 Å². The van der Waals surface area contributed by atoms with E-state index in [9.17, 15) is 0 Å². The zero-order valence-corrected chi connectivity index (χ0v) is 14.1. The van der Waals surface area contributed by atoms with Gasteiger partial charge < -0.3 is 4.90 Å². The summed E-state index contributed by atoms with van der Waals surface area (Å²) in [5.74, 6) is 0. The van der Waals surface area contributed by atoms with Gasteiger partial charge in [0.2, 0.25) is 0 Å². The Morgan fingerprint density at radius 2 is 1.95 bits per heavy atom. The molecule has 0 aliphatic carbocycles. The predicted octanol–water partition coefficient (Wildman–Crippen LogP) is 4.14. The van der Waals surface area contributed by atoms with E-state index in [2.05, 4.69) is 68.4 Å². The number of piperazine rings is 1. The third-order valence-corrected chi connectivity index (χ3v) is 5.42. The summed E-state index contributed by atoms with van der Waals surface area (Å²) in [6.45, 7) is 7.77. The SMILES string of the molecule is Cc1cccc(N2CCN(Cc3cc(Br)cs3)CC2)c1. The van der Waals surface area contributed by atoms with Crippen LogP contribution in [0.15, 0.2) is 40.2 Å². The van der Waals surface area contributed by atoms with Gasteiger partial charge >= 0.3 is 0 Å². The van der Waals surface area contributed by atoms with E-state index in [-0.39, 0.29) is 0 Å². The third kappa shape index (κ3) is 3.43. The minimum absolute atomic E-state index is 1.08. The standard InChI is InChI=1S/C16H19BrN2S/c1-13-3-2-4-15(9-13)19-7-5-18(6-8-19)11-16-10-14(17)12-20-16/h2-4,9-10,12H,5-8,11H2,1H3.